The molecule has 0 radical (unpaired) electrons. The van der Waals surface area contributed by atoms with E-state index in [2.05, 4.69) is 4.99 Å². The van der Waals surface area contributed by atoms with Crippen LogP contribution in [0.4, 0.5) is 5.69 Å². The molecule has 1 fully saturated rings. The molecule has 0 saturated carbocycles. The van der Waals surface area contributed by atoms with Gasteiger partial charge in [-0.3, -0.25) is 4.79 Å². The molecular formula is C24H24N2O5. The fraction of sp³-hybridized carbons (Fsp3) is 0.292. The number of methoxy groups -OCH3 is 1. The smallest absolute Gasteiger partial charge is 0.363 e. The number of esters is 1. The number of hydrogen-bond donors (Lipinski definition) is 0. The third kappa shape index (κ3) is 4.45. The van der Waals surface area contributed by atoms with Gasteiger partial charge in [0.15, 0.2) is 17.2 Å². The minimum atomic E-state index is -0.513. The predicted molar refractivity (Wildman–Crippen MR) is 117 cm³/mol. The lowest BCUT2D eigenvalue weighted by Gasteiger charge is -2.15. The first kappa shape index (κ1) is 20.7. The van der Waals surface area contributed by atoms with Gasteiger partial charge in [-0.05, 0) is 60.9 Å². The Labute approximate surface area is 180 Å². The Kier molecular flexibility index (Phi) is 6.02. The number of cyclic esters (lactones) is 1. The number of ether oxygens (including phenoxy) is 3. The van der Waals surface area contributed by atoms with Crippen LogP contribution in [0.5, 0.6) is 11.5 Å². The van der Waals surface area contributed by atoms with Crippen LogP contribution in [0.25, 0.3) is 6.08 Å². The van der Waals surface area contributed by atoms with Gasteiger partial charge in [0.25, 0.3) is 0 Å². The van der Waals surface area contributed by atoms with Crippen LogP contribution >= 0.6 is 0 Å². The molecule has 0 bridgehead atoms. The summed E-state index contributed by atoms with van der Waals surface area (Å²) in [6.07, 6.45) is 3.98. The third-order valence-corrected chi connectivity index (χ3v) is 5.07. The molecule has 0 aromatic heterocycles. The van der Waals surface area contributed by atoms with Gasteiger partial charge >= 0.3 is 5.97 Å². The van der Waals surface area contributed by atoms with Crippen molar-refractivity contribution in [1.29, 1.82) is 0 Å². The van der Waals surface area contributed by atoms with Gasteiger partial charge in [-0.15, -0.1) is 0 Å². The van der Waals surface area contributed by atoms with E-state index in [1.807, 2.05) is 31.2 Å². The molecule has 2 aliphatic rings. The van der Waals surface area contributed by atoms with Gasteiger partial charge in [0.05, 0.1) is 13.7 Å². The number of hydrogen-bond acceptors (Lipinski definition) is 6. The largest absolute Gasteiger partial charge is 0.493 e. The summed E-state index contributed by atoms with van der Waals surface area (Å²) in [5, 5.41) is 0. The molecule has 1 amide bonds. The Morgan fingerprint density at radius 1 is 1.13 bits per heavy atom. The molecule has 7 nitrogen and oxygen atoms in total. The van der Waals surface area contributed by atoms with E-state index in [1.54, 1.807) is 36.3 Å². The van der Waals surface area contributed by atoms with Crippen LogP contribution in [-0.2, 0) is 14.3 Å². The van der Waals surface area contributed by atoms with Crippen molar-refractivity contribution < 1.29 is 23.8 Å². The average Bonchev–Trinajstić information content (AvgIpc) is 3.38. The van der Waals surface area contributed by atoms with Crippen molar-refractivity contribution in [3.63, 3.8) is 0 Å². The summed E-state index contributed by atoms with van der Waals surface area (Å²) in [4.78, 5) is 30.4. The molecule has 0 aliphatic carbocycles. The van der Waals surface area contributed by atoms with E-state index in [9.17, 15) is 9.59 Å². The number of rotatable bonds is 7. The highest BCUT2D eigenvalue weighted by molar-refractivity contribution is 6.13. The second-order valence-corrected chi connectivity index (χ2v) is 7.29. The first-order valence-electron chi connectivity index (χ1n) is 10.3. The maximum Gasteiger partial charge on any atom is 0.363 e. The van der Waals surface area contributed by atoms with Gasteiger partial charge in [0.1, 0.15) is 0 Å². The number of amides is 1. The Bertz CT molecular complexity index is 1060. The first-order chi connectivity index (χ1) is 15.1. The molecule has 2 aromatic carbocycles. The number of carbonyl (C=O) groups excluding carboxylic acids is 2. The van der Waals surface area contributed by atoms with Gasteiger partial charge in [-0.25, -0.2) is 9.79 Å². The molecule has 160 valence electrons. The van der Waals surface area contributed by atoms with Crippen LogP contribution in [0, 0.1) is 0 Å². The average molecular weight is 420 g/mol. The summed E-state index contributed by atoms with van der Waals surface area (Å²) in [5.74, 6) is 1.10. The summed E-state index contributed by atoms with van der Waals surface area (Å²) in [6, 6.07) is 12.7. The zero-order chi connectivity index (χ0) is 21.8. The van der Waals surface area contributed by atoms with Crippen molar-refractivity contribution in [2.45, 2.75) is 26.2 Å². The van der Waals surface area contributed by atoms with Crippen molar-refractivity contribution in [2.75, 3.05) is 25.2 Å². The SMILES string of the molecule is CCCOc1cc(C=C2N=C(c3ccc(N4CCCC4=O)cc3)OC2=O)ccc1OC. The zero-order valence-electron chi connectivity index (χ0n) is 17.6. The van der Waals surface area contributed by atoms with E-state index in [0.717, 1.165) is 30.6 Å². The number of benzene rings is 2. The second-order valence-electron chi connectivity index (χ2n) is 7.29. The van der Waals surface area contributed by atoms with Crippen LogP contribution in [0.2, 0.25) is 0 Å². The highest BCUT2D eigenvalue weighted by Crippen LogP contribution is 2.30. The van der Waals surface area contributed by atoms with Crippen molar-refractivity contribution >= 4 is 29.5 Å². The Hall–Kier alpha value is -3.61. The van der Waals surface area contributed by atoms with Crippen molar-refractivity contribution in [3.05, 3.63) is 59.3 Å². The summed E-state index contributed by atoms with van der Waals surface area (Å²) in [6.45, 7) is 3.32. The molecule has 7 heteroatoms. The molecule has 2 aromatic rings. The van der Waals surface area contributed by atoms with Crippen LogP contribution in [0.1, 0.15) is 37.3 Å². The second kappa shape index (κ2) is 9.04. The molecular weight excluding hydrogens is 396 g/mol. The van der Waals surface area contributed by atoms with E-state index in [-0.39, 0.29) is 17.5 Å². The predicted octanol–water partition coefficient (Wildman–Crippen LogP) is 3.96. The van der Waals surface area contributed by atoms with E-state index in [0.29, 0.717) is 30.1 Å². The molecule has 2 heterocycles. The highest BCUT2D eigenvalue weighted by atomic mass is 16.6. The highest BCUT2D eigenvalue weighted by Gasteiger charge is 2.25. The molecule has 0 unspecified atom stereocenters. The van der Waals surface area contributed by atoms with Crippen LogP contribution in [-0.4, -0.2) is 38.0 Å². The van der Waals surface area contributed by atoms with Gasteiger partial charge in [0, 0.05) is 24.2 Å². The molecule has 0 spiro atoms. The molecule has 31 heavy (non-hydrogen) atoms. The third-order valence-electron chi connectivity index (χ3n) is 5.07. The van der Waals surface area contributed by atoms with E-state index >= 15 is 0 Å². The fourth-order valence-electron chi connectivity index (χ4n) is 3.50. The van der Waals surface area contributed by atoms with E-state index in [1.165, 1.54) is 0 Å². The number of anilines is 1. The summed E-state index contributed by atoms with van der Waals surface area (Å²) >= 11 is 0. The van der Waals surface area contributed by atoms with Crippen LogP contribution in [0.3, 0.4) is 0 Å². The normalized spacial score (nSPS) is 17.2. The molecule has 0 atom stereocenters. The number of carbonyl (C=O) groups is 2. The molecule has 2 aliphatic heterocycles. The van der Waals surface area contributed by atoms with Gasteiger partial charge in [-0.1, -0.05) is 13.0 Å². The topological polar surface area (TPSA) is 77.4 Å². The van der Waals surface area contributed by atoms with Crippen molar-refractivity contribution in [3.8, 4) is 11.5 Å². The zero-order valence-corrected chi connectivity index (χ0v) is 17.6. The Morgan fingerprint density at radius 3 is 2.61 bits per heavy atom. The fourth-order valence-corrected chi connectivity index (χ4v) is 3.50. The summed E-state index contributed by atoms with van der Waals surface area (Å²) < 4.78 is 16.4. The number of nitrogens with zero attached hydrogens (tertiary/aromatic N) is 2. The Balaban J connectivity index is 1.55. The minimum Gasteiger partial charge on any atom is -0.493 e. The lowest BCUT2D eigenvalue weighted by atomic mass is 10.1. The lowest BCUT2D eigenvalue weighted by Crippen LogP contribution is -2.23. The van der Waals surface area contributed by atoms with Crippen molar-refractivity contribution in [1.82, 2.24) is 0 Å². The minimum absolute atomic E-state index is 0.129. The molecule has 1 saturated heterocycles. The van der Waals surface area contributed by atoms with Gasteiger partial charge < -0.3 is 19.1 Å². The number of aliphatic imine (C=N–C) groups is 1. The standard InChI is InChI=1S/C24H24N2O5/c1-3-13-30-21-15-16(6-11-20(21)29-2)14-19-24(28)31-23(25-19)17-7-9-18(10-8-17)26-12-4-5-22(26)27/h6-11,14-15H,3-5,12-13H2,1-2H3. The maximum absolute atomic E-state index is 12.3. The first-order valence-corrected chi connectivity index (χ1v) is 10.3. The molecule has 4 rings (SSSR count). The van der Waals surface area contributed by atoms with E-state index in [4.69, 9.17) is 14.2 Å². The Morgan fingerprint density at radius 2 is 1.94 bits per heavy atom. The van der Waals surface area contributed by atoms with Crippen LogP contribution < -0.4 is 14.4 Å². The summed E-state index contributed by atoms with van der Waals surface area (Å²) in [5.41, 5.74) is 2.48. The monoisotopic (exact) mass is 420 g/mol. The van der Waals surface area contributed by atoms with Gasteiger partial charge in [0.2, 0.25) is 11.8 Å². The lowest BCUT2D eigenvalue weighted by molar-refractivity contribution is -0.130. The summed E-state index contributed by atoms with van der Waals surface area (Å²) in [7, 11) is 1.59. The van der Waals surface area contributed by atoms with Crippen molar-refractivity contribution in [2.24, 2.45) is 4.99 Å². The molecule has 0 N–H and O–H groups in total. The quantitative estimate of drug-likeness (QED) is 0.501. The van der Waals surface area contributed by atoms with Crippen LogP contribution in [0.15, 0.2) is 53.2 Å². The van der Waals surface area contributed by atoms with E-state index < -0.39 is 5.97 Å². The van der Waals surface area contributed by atoms with Gasteiger partial charge in [-0.2, -0.15) is 0 Å². The maximum atomic E-state index is 12.3.